The Morgan fingerprint density at radius 1 is 0.625 bits per heavy atom. The van der Waals surface area contributed by atoms with Crippen LogP contribution >= 0.6 is 0 Å². The van der Waals surface area contributed by atoms with Gasteiger partial charge >= 0.3 is 17.1 Å². The van der Waals surface area contributed by atoms with Gasteiger partial charge in [-0.2, -0.15) is 5.32 Å². The number of carbonyl (C=O) groups is 4. The van der Waals surface area contributed by atoms with E-state index in [0.717, 1.165) is 32.2 Å². The standard InChI is InChI=1S/C29H40N6O4.Fe/c1-27(2)23(36)32-28(3,4)25(38)30-21-15-14-20-35(22(21)31-26(39)29(5,6)33-24(27)37)19-13-8-7-10-16-34-17-11-9-12-18-34;/h9,11-12,14-15,17-18,20H,7-8,10,13,16,19H2,1-6H3,(H2-,30,32,33,36,37,38);/q;+4/p-2. The van der Waals surface area contributed by atoms with Crippen molar-refractivity contribution in [2.45, 2.75) is 91.4 Å². The molecule has 0 spiro atoms. The summed E-state index contributed by atoms with van der Waals surface area (Å²) in [5.74, 6) is -2.78. The van der Waals surface area contributed by atoms with Gasteiger partial charge in [-0.3, -0.25) is 4.79 Å². The summed E-state index contributed by atoms with van der Waals surface area (Å²) >= 11 is 0. The topological polar surface area (TPSA) is 132 Å². The van der Waals surface area contributed by atoms with Crippen molar-refractivity contribution in [1.82, 2.24) is 0 Å². The van der Waals surface area contributed by atoms with Gasteiger partial charge in [-0.25, -0.2) is 4.57 Å². The third-order valence-corrected chi connectivity index (χ3v) is 6.67. The molecule has 3 heterocycles. The molecule has 0 aromatic carbocycles. The van der Waals surface area contributed by atoms with Crippen molar-refractivity contribution >= 4 is 35.1 Å². The first-order valence-corrected chi connectivity index (χ1v) is 13.3. The zero-order valence-corrected chi connectivity index (χ0v) is 25.1. The van der Waals surface area contributed by atoms with Gasteiger partial charge in [0.25, 0.3) is 0 Å². The first-order chi connectivity index (χ1) is 18.2. The fourth-order valence-electron chi connectivity index (χ4n) is 3.89. The largest absolute Gasteiger partial charge is 4.00 e. The van der Waals surface area contributed by atoms with Crippen LogP contribution < -0.4 is 9.13 Å². The molecular formula is C29H38FeN6O4+2. The molecule has 214 valence electrons. The first kappa shape index (κ1) is 32.9. The van der Waals surface area contributed by atoms with Crippen LogP contribution in [0.3, 0.4) is 0 Å². The molecule has 2 aromatic heterocycles. The molecule has 0 atom stereocenters. The molecule has 0 saturated carbocycles. The summed E-state index contributed by atoms with van der Waals surface area (Å²) in [5.41, 5.74) is -4.54. The fraction of sp³-hybridized carbons (Fsp3) is 0.517. The number of nitrogens with zero attached hydrogens (tertiary/aromatic N) is 6. The summed E-state index contributed by atoms with van der Waals surface area (Å²) in [7, 11) is 0. The Kier molecular flexibility index (Phi) is 11.0. The molecule has 0 bridgehead atoms. The summed E-state index contributed by atoms with van der Waals surface area (Å²) in [6, 6.07) is 9.33. The van der Waals surface area contributed by atoms with Crippen LogP contribution in [0.4, 0.5) is 11.5 Å². The summed E-state index contributed by atoms with van der Waals surface area (Å²) in [6.45, 7) is 10.1. The van der Waals surface area contributed by atoms with Gasteiger partial charge in [-0.15, -0.1) is 0 Å². The number of aryl methyl sites for hydroxylation is 2. The van der Waals surface area contributed by atoms with Crippen LogP contribution in [0, 0.1) is 5.41 Å². The van der Waals surface area contributed by atoms with E-state index in [9.17, 15) is 19.2 Å². The molecule has 4 amide bonds. The molecule has 3 rings (SSSR count). The van der Waals surface area contributed by atoms with Crippen molar-refractivity contribution in [2.24, 2.45) is 5.41 Å². The molecular weight excluding hydrogens is 552 g/mol. The molecule has 2 aromatic rings. The van der Waals surface area contributed by atoms with E-state index in [1.54, 1.807) is 22.9 Å². The Morgan fingerprint density at radius 2 is 1.15 bits per heavy atom. The number of carbonyl (C=O) groups excluding carboxylic acids is 4. The van der Waals surface area contributed by atoms with Gasteiger partial charge in [-0.05, 0) is 38.3 Å². The quantitative estimate of drug-likeness (QED) is 0.195. The van der Waals surface area contributed by atoms with Gasteiger partial charge < -0.3 is 34.9 Å². The van der Waals surface area contributed by atoms with Crippen LogP contribution in [0.15, 0.2) is 48.9 Å². The Balaban J connectivity index is 0.00000560. The average Bonchev–Trinajstić information content (AvgIpc) is 2.87. The Bertz CT molecular complexity index is 1230. The molecule has 0 saturated heterocycles. The van der Waals surface area contributed by atoms with Gasteiger partial charge in [0, 0.05) is 42.6 Å². The zero-order chi connectivity index (χ0) is 28.8. The molecule has 0 radical (unpaired) electrons. The van der Waals surface area contributed by atoms with Crippen LogP contribution in [0.25, 0.3) is 21.3 Å². The van der Waals surface area contributed by atoms with E-state index in [1.165, 1.54) is 41.5 Å². The number of fused-ring (bicyclic) bond motifs is 1. The van der Waals surface area contributed by atoms with Crippen molar-refractivity contribution in [3.63, 3.8) is 0 Å². The number of hydrogen-bond acceptors (Lipinski definition) is 4. The van der Waals surface area contributed by atoms with E-state index in [-0.39, 0.29) is 28.6 Å². The van der Waals surface area contributed by atoms with Crippen molar-refractivity contribution in [1.29, 1.82) is 0 Å². The predicted octanol–water partition coefficient (Wildman–Crippen LogP) is 4.98. The van der Waals surface area contributed by atoms with E-state index in [1.807, 2.05) is 30.6 Å². The molecule has 1 aliphatic rings. The van der Waals surface area contributed by atoms with Gasteiger partial charge in [0.05, 0.1) is 11.8 Å². The molecule has 40 heavy (non-hydrogen) atoms. The number of amides is 4. The average molecular weight is 591 g/mol. The summed E-state index contributed by atoms with van der Waals surface area (Å²) < 4.78 is 3.93. The number of rotatable bonds is 7. The number of hydrogen-bond donors (Lipinski definition) is 0. The van der Waals surface area contributed by atoms with Crippen molar-refractivity contribution < 1.29 is 45.4 Å². The maximum atomic E-state index is 13.3. The number of pyridine rings is 2. The van der Waals surface area contributed by atoms with Crippen LogP contribution in [0.5, 0.6) is 0 Å². The zero-order valence-electron chi connectivity index (χ0n) is 24.0. The second-order valence-electron chi connectivity index (χ2n) is 11.3. The third-order valence-electron chi connectivity index (χ3n) is 6.67. The second-order valence-corrected chi connectivity index (χ2v) is 11.3. The molecule has 11 heteroatoms. The fourth-order valence-corrected chi connectivity index (χ4v) is 3.89. The second kappa shape index (κ2) is 13.4. The third kappa shape index (κ3) is 8.11. The molecule has 10 nitrogen and oxygen atoms in total. The van der Waals surface area contributed by atoms with Gasteiger partial charge in [0.2, 0.25) is 5.91 Å². The summed E-state index contributed by atoms with van der Waals surface area (Å²) in [5, 5.41) is 16.6. The summed E-state index contributed by atoms with van der Waals surface area (Å²) in [4.78, 5) is 52.3. The first-order valence-electron chi connectivity index (χ1n) is 13.3. The monoisotopic (exact) mass is 590 g/mol. The molecule has 0 N–H and O–H groups in total. The van der Waals surface area contributed by atoms with E-state index < -0.39 is 40.1 Å². The molecule has 0 aliphatic carbocycles. The smallest absolute Gasteiger partial charge is 0.643 e. The minimum atomic E-state index is -1.66. The van der Waals surface area contributed by atoms with Gasteiger partial charge in [-0.1, -0.05) is 57.5 Å². The summed E-state index contributed by atoms with van der Waals surface area (Å²) in [6.07, 6.45) is 9.74. The Morgan fingerprint density at radius 3 is 1.73 bits per heavy atom. The number of aromatic nitrogens is 2. The van der Waals surface area contributed by atoms with E-state index in [0.29, 0.717) is 6.54 Å². The number of unbranched alkanes of at least 4 members (excludes halogenated alkanes) is 3. The molecule has 1 aliphatic heterocycles. The maximum Gasteiger partial charge on any atom is 4.00 e. The van der Waals surface area contributed by atoms with Crippen LogP contribution in [0.1, 0.15) is 67.2 Å². The maximum absolute atomic E-state index is 13.3. The van der Waals surface area contributed by atoms with Gasteiger partial charge in [0.15, 0.2) is 12.4 Å². The minimum absolute atomic E-state index is 0. The van der Waals surface area contributed by atoms with Crippen LogP contribution in [-0.4, -0.2) is 34.7 Å². The van der Waals surface area contributed by atoms with Crippen molar-refractivity contribution in [3.8, 4) is 0 Å². The Hall–Kier alpha value is -3.30. The predicted molar refractivity (Wildman–Crippen MR) is 146 cm³/mol. The SMILES string of the molecule is CC1(C)[N-]C(=O)C(C)(C)C(=O)[N-]C(C)(C)C(=O)[N-]c2c(ccc[n+]2CCCCCC[n+]2ccccc2)[N-]C1=O.[Fe+4]. The Labute approximate surface area is 247 Å². The van der Waals surface area contributed by atoms with Crippen LogP contribution in [-0.2, 0) is 49.3 Å². The van der Waals surface area contributed by atoms with Crippen molar-refractivity contribution in [2.75, 3.05) is 0 Å². The van der Waals surface area contributed by atoms with E-state index in [2.05, 4.69) is 25.8 Å². The van der Waals surface area contributed by atoms with E-state index in [4.69, 9.17) is 0 Å². The normalized spacial score (nSPS) is 18.2. The van der Waals surface area contributed by atoms with Crippen molar-refractivity contribution in [3.05, 3.63) is 70.2 Å². The molecule has 0 unspecified atom stereocenters. The minimum Gasteiger partial charge on any atom is -0.643 e. The van der Waals surface area contributed by atoms with Crippen LogP contribution in [0.2, 0.25) is 0 Å². The van der Waals surface area contributed by atoms with E-state index >= 15 is 0 Å². The molecule has 0 fully saturated rings. The van der Waals surface area contributed by atoms with Gasteiger partial charge in [0.1, 0.15) is 12.4 Å².